The molecule has 0 aliphatic carbocycles. The fourth-order valence-corrected chi connectivity index (χ4v) is 2.10. The van der Waals surface area contributed by atoms with E-state index in [0.717, 1.165) is 0 Å². The van der Waals surface area contributed by atoms with E-state index in [4.69, 9.17) is 23.2 Å². The third-order valence-electron chi connectivity index (χ3n) is 2.85. The minimum Gasteiger partial charge on any atom is -0.466 e. The van der Waals surface area contributed by atoms with Crippen molar-refractivity contribution in [2.75, 3.05) is 7.11 Å². The number of hydrogen-bond acceptors (Lipinski definition) is 2. The molecule has 0 unspecified atom stereocenters. The minimum absolute atomic E-state index is 0.356. The van der Waals surface area contributed by atoms with Crippen molar-refractivity contribution < 1.29 is 13.9 Å². The average Bonchev–Trinajstić information content (AvgIpc) is 2.48. The molecule has 0 fully saturated rings. The number of hydrogen-bond donors (Lipinski definition) is 0. The molecule has 0 bridgehead atoms. The van der Waals surface area contributed by atoms with Crippen molar-refractivity contribution in [3.8, 4) is 0 Å². The van der Waals surface area contributed by atoms with Gasteiger partial charge in [-0.15, -0.1) is 0 Å². The van der Waals surface area contributed by atoms with Crippen LogP contribution in [0.5, 0.6) is 0 Å². The van der Waals surface area contributed by atoms with Crippen molar-refractivity contribution >= 4 is 34.7 Å². The second-order valence-corrected chi connectivity index (χ2v) is 5.03. The highest BCUT2D eigenvalue weighted by atomic mass is 35.5. The predicted octanol–water partition coefficient (Wildman–Crippen LogP) is 4.74. The quantitative estimate of drug-likeness (QED) is 0.602. The number of methoxy groups -OCH3 is 1. The van der Waals surface area contributed by atoms with Crippen LogP contribution in [0.1, 0.15) is 11.1 Å². The molecule has 0 radical (unpaired) electrons. The molecule has 2 nitrogen and oxygen atoms in total. The van der Waals surface area contributed by atoms with E-state index >= 15 is 0 Å². The van der Waals surface area contributed by atoms with Crippen LogP contribution in [-0.4, -0.2) is 13.1 Å². The topological polar surface area (TPSA) is 26.3 Å². The van der Waals surface area contributed by atoms with Crippen LogP contribution in [0.25, 0.3) is 5.57 Å². The van der Waals surface area contributed by atoms with Crippen molar-refractivity contribution in [2.45, 2.75) is 0 Å². The summed E-state index contributed by atoms with van der Waals surface area (Å²) in [6, 6.07) is 10.8. The highest BCUT2D eigenvalue weighted by Crippen LogP contribution is 2.29. The maximum atomic E-state index is 13.0. The first kappa shape index (κ1) is 15.5. The van der Waals surface area contributed by atoms with Crippen molar-refractivity contribution in [1.29, 1.82) is 0 Å². The second-order valence-electron chi connectivity index (χ2n) is 4.22. The zero-order valence-corrected chi connectivity index (χ0v) is 12.6. The summed E-state index contributed by atoms with van der Waals surface area (Å²) in [5, 5.41) is 0.781. The van der Waals surface area contributed by atoms with Crippen molar-refractivity contribution in [3.05, 3.63) is 75.5 Å². The van der Waals surface area contributed by atoms with Gasteiger partial charge in [-0.1, -0.05) is 41.4 Å². The van der Waals surface area contributed by atoms with E-state index in [0.29, 0.717) is 26.7 Å². The maximum Gasteiger partial charge on any atom is 0.331 e. The van der Waals surface area contributed by atoms with Crippen LogP contribution in [0.3, 0.4) is 0 Å². The highest BCUT2D eigenvalue weighted by molar-refractivity contribution is 6.42. The van der Waals surface area contributed by atoms with Crippen molar-refractivity contribution in [3.63, 3.8) is 0 Å². The molecule has 0 atom stereocenters. The monoisotopic (exact) mass is 324 g/mol. The Hall–Kier alpha value is -1.84. The molecule has 0 aliphatic heterocycles. The highest BCUT2D eigenvalue weighted by Gasteiger charge is 2.10. The van der Waals surface area contributed by atoms with Crippen LogP contribution in [0, 0.1) is 5.82 Å². The average molecular weight is 325 g/mol. The summed E-state index contributed by atoms with van der Waals surface area (Å²) in [4.78, 5) is 11.6. The Kier molecular flexibility index (Phi) is 4.99. The number of rotatable bonds is 3. The van der Waals surface area contributed by atoms with Gasteiger partial charge in [-0.25, -0.2) is 9.18 Å². The van der Waals surface area contributed by atoms with Crippen LogP contribution < -0.4 is 0 Å². The second kappa shape index (κ2) is 6.74. The lowest BCUT2D eigenvalue weighted by Crippen LogP contribution is -1.98. The Labute approximate surface area is 131 Å². The number of esters is 1. The van der Waals surface area contributed by atoms with Gasteiger partial charge in [-0.05, 0) is 41.0 Å². The summed E-state index contributed by atoms with van der Waals surface area (Å²) in [6.45, 7) is 0. The fraction of sp³-hybridized carbons (Fsp3) is 0.0625. The van der Waals surface area contributed by atoms with Gasteiger partial charge in [0.25, 0.3) is 0 Å². The molecule has 0 aromatic heterocycles. The molecular weight excluding hydrogens is 314 g/mol. The Morgan fingerprint density at radius 1 is 1.05 bits per heavy atom. The molecule has 2 aromatic carbocycles. The lowest BCUT2D eigenvalue weighted by atomic mass is 9.97. The molecule has 0 N–H and O–H groups in total. The van der Waals surface area contributed by atoms with Gasteiger partial charge in [0, 0.05) is 6.08 Å². The Morgan fingerprint density at radius 2 is 1.67 bits per heavy atom. The summed E-state index contributed by atoms with van der Waals surface area (Å²) < 4.78 is 17.7. The number of benzene rings is 2. The molecule has 0 saturated carbocycles. The number of ether oxygens (including phenoxy) is 1. The van der Waals surface area contributed by atoms with Gasteiger partial charge in [0.05, 0.1) is 17.2 Å². The molecule has 108 valence electrons. The van der Waals surface area contributed by atoms with Gasteiger partial charge in [-0.2, -0.15) is 0 Å². The van der Waals surface area contributed by atoms with E-state index in [1.54, 1.807) is 30.3 Å². The summed E-state index contributed by atoms with van der Waals surface area (Å²) in [5.41, 5.74) is 1.92. The van der Waals surface area contributed by atoms with Crippen molar-refractivity contribution in [2.24, 2.45) is 0 Å². The van der Waals surface area contributed by atoms with E-state index in [2.05, 4.69) is 4.74 Å². The summed E-state index contributed by atoms with van der Waals surface area (Å²) >= 11 is 11.9. The Bertz CT molecular complexity index is 694. The van der Waals surface area contributed by atoms with Crippen LogP contribution in [-0.2, 0) is 9.53 Å². The Balaban J connectivity index is 2.55. The lowest BCUT2D eigenvalue weighted by Gasteiger charge is -2.09. The van der Waals surface area contributed by atoms with E-state index < -0.39 is 5.97 Å². The molecule has 0 saturated heterocycles. The van der Waals surface area contributed by atoms with Gasteiger partial charge in [0.15, 0.2) is 0 Å². The Morgan fingerprint density at radius 3 is 2.24 bits per heavy atom. The van der Waals surface area contributed by atoms with E-state index in [-0.39, 0.29) is 5.82 Å². The molecule has 0 aliphatic rings. The molecule has 21 heavy (non-hydrogen) atoms. The minimum atomic E-state index is -0.514. The van der Waals surface area contributed by atoms with Crippen molar-refractivity contribution in [1.82, 2.24) is 0 Å². The molecule has 0 amide bonds. The van der Waals surface area contributed by atoms with Crippen LogP contribution in [0.2, 0.25) is 10.0 Å². The zero-order valence-electron chi connectivity index (χ0n) is 11.1. The standard InChI is InChI=1S/C16H11Cl2FO2/c1-21-16(20)9-13(10-2-5-12(19)6-3-10)11-4-7-14(17)15(18)8-11/h2-9H,1H3/b13-9-. The van der Waals surface area contributed by atoms with Crippen LogP contribution in [0.4, 0.5) is 4.39 Å². The number of carbonyl (C=O) groups excluding carboxylic acids is 1. The van der Waals surface area contributed by atoms with Gasteiger partial charge in [0.1, 0.15) is 5.82 Å². The first-order chi connectivity index (χ1) is 10.0. The smallest absolute Gasteiger partial charge is 0.331 e. The van der Waals surface area contributed by atoms with Gasteiger partial charge in [-0.3, -0.25) is 0 Å². The van der Waals surface area contributed by atoms with E-state index in [9.17, 15) is 9.18 Å². The molecule has 2 rings (SSSR count). The molecule has 0 spiro atoms. The predicted molar refractivity (Wildman–Crippen MR) is 82.0 cm³/mol. The summed E-state index contributed by atoms with van der Waals surface area (Å²) in [6.07, 6.45) is 1.33. The number of carbonyl (C=O) groups is 1. The maximum absolute atomic E-state index is 13.0. The SMILES string of the molecule is COC(=O)/C=C(/c1ccc(F)cc1)c1ccc(Cl)c(Cl)c1. The van der Waals surface area contributed by atoms with Gasteiger partial charge < -0.3 is 4.74 Å². The molecule has 2 aromatic rings. The zero-order chi connectivity index (χ0) is 15.4. The van der Waals surface area contributed by atoms with Gasteiger partial charge in [0.2, 0.25) is 0 Å². The normalized spacial score (nSPS) is 11.3. The van der Waals surface area contributed by atoms with Gasteiger partial charge >= 0.3 is 5.97 Å². The fourth-order valence-electron chi connectivity index (χ4n) is 1.80. The molecule has 5 heteroatoms. The largest absolute Gasteiger partial charge is 0.466 e. The molecule has 0 heterocycles. The third-order valence-corrected chi connectivity index (χ3v) is 3.59. The first-order valence-corrected chi connectivity index (χ1v) is 6.78. The van der Waals surface area contributed by atoms with Crippen LogP contribution in [0.15, 0.2) is 48.5 Å². The summed E-state index contributed by atoms with van der Waals surface area (Å²) in [5.74, 6) is -0.870. The first-order valence-electron chi connectivity index (χ1n) is 6.02. The third kappa shape index (κ3) is 3.84. The van der Waals surface area contributed by atoms with E-state index in [1.165, 1.54) is 25.3 Å². The van der Waals surface area contributed by atoms with E-state index in [1.807, 2.05) is 0 Å². The summed E-state index contributed by atoms with van der Waals surface area (Å²) in [7, 11) is 1.29. The molecular formula is C16H11Cl2FO2. The number of halogens is 3. The van der Waals surface area contributed by atoms with Crippen LogP contribution >= 0.6 is 23.2 Å². The lowest BCUT2D eigenvalue weighted by molar-refractivity contribution is -0.134.